The maximum absolute atomic E-state index is 5.98. The zero-order valence-corrected chi connectivity index (χ0v) is 20.5. The first-order valence-electron chi connectivity index (χ1n) is 9.08. The van der Waals surface area contributed by atoms with E-state index in [9.17, 15) is 0 Å². The van der Waals surface area contributed by atoms with Crippen LogP contribution in [0, 0.1) is 0 Å². The molecule has 1 heterocycles. The summed E-state index contributed by atoms with van der Waals surface area (Å²) < 4.78 is 12.5. The third-order valence-electron chi connectivity index (χ3n) is 4.90. The largest absolute Gasteiger partial charge is 0.488 e. The second kappa shape index (κ2) is 12.1. The van der Waals surface area contributed by atoms with Crippen LogP contribution in [0.2, 0.25) is 0 Å². The van der Waals surface area contributed by atoms with E-state index in [2.05, 4.69) is 50.6 Å². The van der Waals surface area contributed by atoms with E-state index in [0.29, 0.717) is 6.54 Å². The lowest BCUT2D eigenvalue weighted by Crippen LogP contribution is -2.57. The topological polar surface area (TPSA) is 58.1 Å². The number of hydrogen-bond acceptors (Lipinski definition) is 4. The van der Waals surface area contributed by atoms with Crippen molar-refractivity contribution in [2.24, 2.45) is 4.99 Å². The van der Waals surface area contributed by atoms with E-state index in [1.165, 1.54) is 0 Å². The molecule has 2 N–H and O–H groups in total. The highest BCUT2D eigenvalue weighted by Gasteiger charge is 2.34. The molecule has 0 aromatic heterocycles. The van der Waals surface area contributed by atoms with Gasteiger partial charge in [0.25, 0.3) is 0 Å². The lowest BCUT2D eigenvalue weighted by atomic mass is 9.88. The zero-order valence-electron chi connectivity index (χ0n) is 16.6. The first kappa shape index (κ1) is 24.5. The number of rotatable bonds is 7. The number of ether oxygens (including phenoxy) is 2. The number of guanidine groups is 1. The second-order valence-corrected chi connectivity index (χ2v) is 7.75. The summed E-state index contributed by atoms with van der Waals surface area (Å²) in [6.07, 6.45) is 2.05. The van der Waals surface area contributed by atoms with E-state index >= 15 is 0 Å². The summed E-state index contributed by atoms with van der Waals surface area (Å²) in [6.45, 7) is 5.16. The van der Waals surface area contributed by atoms with Gasteiger partial charge < -0.3 is 25.0 Å². The first-order chi connectivity index (χ1) is 12.5. The molecular formula is C19H32BrIN4O2. The van der Waals surface area contributed by atoms with Crippen molar-refractivity contribution >= 4 is 45.9 Å². The van der Waals surface area contributed by atoms with Gasteiger partial charge in [0.05, 0.1) is 11.0 Å². The van der Waals surface area contributed by atoms with Crippen molar-refractivity contribution in [2.75, 3.05) is 47.4 Å². The van der Waals surface area contributed by atoms with Crippen LogP contribution in [-0.2, 0) is 4.74 Å². The van der Waals surface area contributed by atoms with Crippen molar-refractivity contribution in [1.29, 1.82) is 0 Å². The molecule has 1 aromatic carbocycles. The highest BCUT2D eigenvalue weighted by molar-refractivity contribution is 14.0. The van der Waals surface area contributed by atoms with Crippen LogP contribution in [0.4, 0.5) is 0 Å². The van der Waals surface area contributed by atoms with Crippen LogP contribution in [0.15, 0.2) is 33.7 Å². The number of nitrogens with zero attached hydrogens (tertiary/aromatic N) is 2. The van der Waals surface area contributed by atoms with E-state index in [1.54, 1.807) is 7.05 Å². The Balaban J connectivity index is 0.00000364. The minimum atomic E-state index is 0. The molecule has 154 valence electrons. The molecule has 1 aliphatic rings. The first-order valence-corrected chi connectivity index (χ1v) is 9.87. The van der Waals surface area contributed by atoms with Crippen LogP contribution in [0.3, 0.4) is 0 Å². The number of nitrogens with one attached hydrogen (secondary N) is 2. The Kier molecular flexibility index (Phi) is 10.9. The quantitative estimate of drug-likeness (QED) is 0.308. The van der Waals surface area contributed by atoms with Crippen molar-refractivity contribution in [3.63, 3.8) is 0 Å². The molecule has 0 radical (unpaired) electrons. The smallest absolute Gasteiger partial charge is 0.191 e. The Morgan fingerprint density at radius 1 is 1.30 bits per heavy atom. The second-order valence-electron chi connectivity index (χ2n) is 6.90. The fourth-order valence-electron chi connectivity index (χ4n) is 3.04. The van der Waals surface area contributed by atoms with Gasteiger partial charge in [-0.2, -0.15) is 0 Å². The molecule has 8 heteroatoms. The van der Waals surface area contributed by atoms with E-state index < -0.39 is 0 Å². The van der Waals surface area contributed by atoms with Gasteiger partial charge >= 0.3 is 0 Å². The lowest BCUT2D eigenvalue weighted by molar-refractivity contribution is -0.00502. The molecule has 0 spiro atoms. The molecule has 1 fully saturated rings. The summed E-state index contributed by atoms with van der Waals surface area (Å²) in [7, 11) is 6.06. The average molecular weight is 555 g/mol. The summed E-state index contributed by atoms with van der Waals surface area (Å²) in [5.41, 5.74) is 0.104. The highest BCUT2D eigenvalue weighted by atomic mass is 127. The van der Waals surface area contributed by atoms with Gasteiger partial charge in [-0.25, -0.2) is 0 Å². The van der Waals surface area contributed by atoms with Crippen molar-refractivity contribution in [1.82, 2.24) is 15.5 Å². The van der Waals surface area contributed by atoms with Gasteiger partial charge in [-0.3, -0.25) is 4.99 Å². The number of likely N-dealkylation sites (N-methyl/N-ethyl adjacent to an activating group) is 1. The van der Waals surface area contributed by atoms with Crippen LogP contribution in [0.1, 0.15) is 19.8 Å². The van der Waals surface area contributed by atoms with Gasteiger partial charge in [-0.05, 0) is 61.9 Å². The minimum absolute atomic E-state index is 0. The van der Waals surface area contributed by atoms with Gasteiger partial charge in [-0.1, -0.05) is 12.1 Å². The third kappa shape index (κ3) is 7.40. The molecule has 0 amide bonds. The predicted octanol–water partition coefficient (Wildman–Crippen LogP) is 3.11. The monoisotopic (exact) mass is 554 g/mol. The Morgan fingerprint density at radius 3 is 2.56 bits per heavy atom. The molecule has 0 bridgehead atoms. The molecule has 1 unspecified atom stereocenters. The Bertz CT molecular complexity index is 595. The Labute approximate surface area is 188 Å². The number of aliphatic imine (C=N–C) groups is 1. The molecule has 2 rings (SSSR count). The predicted molar refractivity (Wildman–Crippen MR) is 125 cm³/mol. The maximum atomic E-state index is 5.98. The van der Waals surface area contributed by atoms with Gasteiger partial charge in [0, 0.05) is 32.3 Å². The van der Waals surface area contributed by atoms with E-state index in [0.717, 1.165) is 48.8 Å². The summed E-state index contributed by atoms with van der Waals surface area (Å²) in [4.78, 5) is 6.64. The van der Waals surface area contributed by atoms with Crippen LogP contribution in [-0.4, -0.2) is 69.9 Å². The van der Waals surface area contributed by atoms with Crippen molar-refractivity contribution in [3.05, 3.63) is 28.7 Å². The summed E-state index contributed by atoms with van der Waals surface area (Å²) in [5, 5.41) is 6.82. The molecular weight excluding hydrogens is 523 g/mol. The van der Waals surface area contributed by atoms with Gasteiger partial charge in [-0.15, -0.1) is 24.0 Å². The zero-order chi connectivity index (χ0) is 19.0. The summed E-state index contributed by atoms with van der Waals surface area (Å²) >= 11 is 3.51. The van der Waals surface area contributed by atoms with E-state index in [1.807, 2.05) is 31.2 Å². The van der Waals surface area contributed by atoms with Gasteiger partial charge in [0.15, 0.2) is 5.96 Å². The number of benzene rings is 1. The lowest BCUT2D eigenvalue weighted by Gasteiger charge is -2.43. The molecule has 0 saturated carbocycles. The number of para-hydroxylation sites is 1. The molecule has 1 aromatic rings. The van der Waals surface area contributed by atoms with Crippen LogP contribution < -0.4 is 15.4 Å². The van der Waals surface area contributed by atoms with Crippen LogP contribution in [0.25, 0.3) is 0 Å². The fourth-order valence-corrected chi connectivity index (χ4v) is 3.42. The highest BCUT2D eigenvalue weighted by Crippen LogP contribution is 2.25. The minimum Gasteiger partial charge on any atom is -0.488 e. The number of hydrogen-bond donors (Lipinski definition) is 2. The normalized spacial score (nSPS) is 17.8. The van der Waals surface area contributed by atoms with Crippen LogP contribution >= 0.6 is 39.9 Å². The number of halogens is 2. The molecule has 1 aliphatic heterocycles. The SMILES string of the molecule is CN=C(NCC(C)Oc1ccccc1Br)NCC1(N(C)C)CCOCC1.I. The van der Waals surface area contributed by atoms with Crippen molar-refractivity contribution in [2.45, 2.75) is 31.4 Å². The van der Waals surface area contributed by atoms with E-state index in [4.69, 9.17) is 9.47 Å². The summed E-state index contributed by atoms with van der Waals surface area (Å²) in [6, 6.07) is 7.88. The average Bonchev–Trinajstić information content (AvgIpc) is 2.64. The Morgan fingerprint density at radius 2 is 1.96 bits per heavy atom. The Hall–Kier alpha value is -0.580. The van der Waals surface area contributed by atoms with Crippen molar-refractivity contribution in [3.8, 4) is 5.75 Å². The fraction of sp³-hybridized carbons (Fsp3) is 0.632. The molecule has 27 heavy (non-hydrogen) atoms. The maximum Gasteiger partial charge on any atom is 0.191 e. The van der Waals surface area contributed by atoms with Crippen molar-refractivity contribution < 1.29 is 9.47 Å². The standard InChI is InChI=1S/C19H31BrN4O2.HI/c1-15(26-17-8-6-5-7-16(17)20)13-22-18(21-2)23-14-19(24(3)4)9-11-25-12-10-19;/h5-8,15H,9-14H2,1-4H3,(H2,21,22,23);1H. The molecule has 1 saturated heterocycles. The van der Waals surface area contributed by atoms with Gasteiger partial charge in [0.1, 0.15) is 11.9 Å². The molecule has 6 nitrogen and oxygen atoms in total. The molecule has 0 aliphatic carbocycles. The third-order valence-corrected chi connectivity index (χ3v) is 5.56. The van der Waals surface area contributed by atoms with Crippen LogP contribution in [0.5, 0.6) is 5.75 Å². The van der Waals surface area contributed by atoms with Gasteiger partial charge in [0.2, 0.25) is 0 Å². The summed E-state index contributed by atoms with van der Waals surface area (Å²) in [5.74, 6) is 1.64. The van der Waals surface area contributed by atoms with E-state index in [-0.39, 0.29) is 35.6 Å². The molecule has 1 atom stereocenters.